The Bertz CT molecular complexity index is 390. The standard InChI is InChI=1S/C10H12BrNO3/c1-10(2,6-11)7-3-4-8(12(14)15)9(13)5-7/h3-5,13H,6H2,1-2H3. The van der Waals surface area contributed by atoms with E-state index in [0.717, 1.165) is 10.9 Å². The third-order valence-electron chi connectivity index (χ3n) is 2.29. The van der Waals surface area contributed by atoms with Crippen LogP contribution in [0.15, 0.2) is 18.2 Å². The van der Waals surface area contributed by atoms with Crippen molar-refractivity contribution in [1.29, 1.82) is 0 Å². The first-order valence-corrected chi connectivity index (χ1v) is 5.54. The van der Waals surface area contributed by atoms with E-state index in [0.29, 0.717) is 0 Å². The minimum Gasteiger partial charge on any atom is -0.502 e. The summed E-state index contributed by atoms with van der Waals surface area (Å²) in [4.78, 5) is 9.89. The summed E-state index contributed by atoms with van der Waals surface area (Å²) in [6.07, 6.45) is 0. The molecule has 0 spiro atoms. The van der Waals surface area contributed by atoms with Crippen LogP contribution in [-0.4, -0.2) is 15.4 Å². The van der Waals surface area contributed by atoms with E-state index in [-0.39, 0.29) is 16.9 Å². The fraction of sp³-hybridized carbons (Fsp3) is 0.400. The number of halogens is 1. The molecule has 0 saturated carbocycles. The monoisotopic (exact) mass is 273 g/mol. The third-order valence-corrected chi connectivity index (χ3v) is 3.69. The number of aromatic hydroxyl groups is 1. The van der Waals surface area contributed by atoms with Gasteiger partial charge in [0.2, 0.25) is 0 Å². The smallest absolute Gasteiger partial charge is 0.310 e. The van der Waals surface area contributed by atoms with E-state index in [1.165, 1.54) is 12.1 Å². The van der Waals surface area contributed by atoms with Crippen molar-refractivity contribution in [3.05, 3.63) is 33.9 Å². The SMILES string of the molecule is CC(C)(CBr)c1ccc([N+](=O)[O-])c(O)c1. The lowest BCUT2D eigenvalue weighted by Crippen LogP contribution is -2.18. The fourth-order valence-electron chi connectivity index (χ4n) is 1.18. The number of nitro benzene ring substituents is 1. The maximum absolute atomic E-state index is 10.5. The van der Waals surface area contributed by atoms with Crippen LogP contribution in [0, 0.1) is 10.1 Å². The predicted molar refractivity (Wildman–Crippen MR) is 61.6 cm³/mol. The average Bonchev–Trinajstić information content (AvgIpc) is 2.17. The molecule has 0 bridgehead atoms. The minimum absolute atomic E-state index is 0.160. The highest BCUT2D eigenvalue weighted by Crippen LogP contribution is 2.32. The minimum atomic E-state index is -0.597. The van der Waals surface area contributed by atoms with Crippen LogP contribution >= 0.6 is 15.9 Å². The van der Waals surface area contributed by atoms with Crippen molar-refractivity contribution in [2.75, 3.05) is 5.33 Å². The lowest BCUT2D eigenvalue weighted by molar-refractivity contribution is -0.385. The van der Waals surface area contributed by atoms with Gasteiger partial charge < -0.3 is 5.11 Å². The van der Waals surface area contributed by atoms with Crippen LogP contribution in [0.3, 0.4) is 0 Å². The lowest BCUT2D eigenvalue weighted by atomic mass is 9.87. The Labute approximate surface area is 96.2 Å². The highest BCUT2D eigenvalue weighted by molar-refractivity contribution is 9.09. The molecule has 0 atom stereocenters. The molecule has 1 N–H and O–H groups in total. The van der Waals surface area contributed by atoms with Gasteiger partial charge in [0.1, 0.15) is 0 Å². The Morgan fingerprint density at radius 2 is 2.13 bits per heavy atom. The number of rotatable bonds is 3. The molecule has 1 aromatic carbocycles. The zero-order valence-corrected chi connectivity index (χ0v) is 10.1. The summed E-state index contributed by atoms with van der Waals surface area (Å²) in [5, 5.41) is 20.7. The first-order valence-electron chi connectivity index (χ1n) is 4.42. The van der Waals surface area contributed by atoms with Gasteiger partial charge in [-0.1, -0.05) is 35.8 Å². The summed E-state index contributed by atoms with van der Waals surface area (Å²) in [6.45, 7) is 3.98. The second-order valence-corrected chi connectivity index (χ2v) is 4.54. The van der Waals surface area contributed by atoms with Crippen molar-refractivity contribution in [2.24, 2.45) is 0 Å². The topological polar surface area (TPSA) is 63.4 Å². The summed E-state index contributed by atoms with van der Waals surface area (Å²) < 4.78 is 0. The van der Waals surface area contributed by atoms with E-state index < -0.39 is 4.92 Å². The van der Waals surface area contributed by atoms with Gasteiger partial charge in [0.25, 0.3) is 0 Å². The summed E-state index contributed by atoms with van der Waals surface area (Å²) in [5.74, 6) is -0.286. The van der Waals surface area contributed by atoms with Crippen LogP contribution in [0.5, 0.6) is 5.75 Å². The van der Waals surface area contributed by atoms with Crippen molar-refractivity contribution < 1.29 is 10.0 Å². The second kappa shape index (κ2) is 4.18. The van der Waals surface area contributed by atoms with E-state index >= 15 is 0 Å². The summed E-state index contributed by atoms with van der Waals surface area (Å²) in [5.41, 5.74) is 0.443. The van der Waals surface area contributed by atoms with Gasteiger partial charge in [-0.2, -0.15) is 0 Å². The number of nitro groups is 1. The Hall–Kier alpha value is -1.10. The number of hydrogen-bond acceptors (Lipinski definition) is 3. The Morgan fingerprint density at radius 3 is 2.53 bits per heavy atom. The number of benzene rings is 1. The van der Waals surface area contributed by atoms with Gasteiger partial charge in [0.05, 0.1) is 4.92 Å². The molecule has 1 aromatic rings. The zero-order valence-electron chi connectivity index (χ0n) is 8.53. The summed E-state index contributed by atoms with van der Waals surface area (Å²) in [6, 6.07) is 4.44. The van der Waals surface area contributed by atoms with Gasteiger partial charge in [-0.25, -0.2) is 0 Å². The molecule has 0 aliphatic heterocycles. The molecule has 0 heterocycles. The molecule has 0 aromatic heterocycles. The van der Waals surface area contributed by atoms with Crippen molar-refractivity contribution >= 4 is 21.6 Å². The maximum atomic E-state index is 10.5. The Morgan fingerprint density at radius 1 is 1.53 bits per heavy atom. The van der Waals surface area contributed by atoms with Crippen LogP contribution in [0.25, 0.3) is 0 Å². The van der Waals surface area contributed by atoms with Crippen molar-refractivity contribution in [3.8, 4) is 5.75 Å². The van der Waals surface area contributed by atoms with Crippen LogP contribution in [0.1, 0.15) is 19.4 Å². The molecule has 1 rings (SSSR count). The molecule has 0 unspecified atom stereocenters. The van der Waals surface area contributed by atoms with E-state index in [1.54, 1.807) is 6.07 Å². The molecule has 0 saturated heterocycles. The van der Waals surface area contributed by atoms with Crippen molar-refractivity contribution in [1.82, 2.24) is 0 Å². The molecular formula is C10H12BrNO3. The van der Waals surface area contributed by atoms with Crippen molar-refractivity contribution in [2.45, 2.75) is 19.3 Å². The van der Waals surface area contributed by atoms with E-state index in [1.807, 2.05) is 13.8 Å². The molecule has 0 amide bonds. The van der Waals surface area contributed by atoms with E-state index in [9.17, 15) is 15.2 Å². The molecule has 0 fully saturated rings. The fourth-order valence-corrected chi connectivity index (χ4v) is 1.50. The lowest BCUT2D eigenvalue weighted by Gasteiger charge is -2.22. The molecule has 0 aliphatic rings. The van der Waals surface area contributed by atoms with Crippen LogP contribution in [0.2, 0.25) is 0 Å². The van der Waals surface area contributed by atoms with Gasteiger partial charge >= 0.3 is 5.69 Å². The average molecular weight is 274 g/mol. The first kappa shape index (κ1) is 12.0. The number of phenolic OH excluding ortho intramolecular Hbond substituents is 1. The van der Waals surface area contributed by atoms with Gasteiger partial charge in [-0.15, -0.1) is 0 Å². The van der Waals surface area contributed by atoms with Crippen molar-refractivity contribution in [3.63, 3.8) is 0 Å². The largest absolute Gasteiger partial charge is 0.502 e. The van der Waals surface area contributed by atoms with Gasteiger partial charge in [0, 0.05) is 11.4 Å². The van der Waals surface area contributed by atoms with E-state index in [4.69, 9.17) is 0 Å². The maximum Gasteiger partial charge on any atom is 0.310 e. The quantitative estimate of drug-likeness (QED) is 0.523. The normalized spacial score (nSPS) is 11.4. The summed E-state index contributed by atoms with van der Waals surface area (Å²) in [7, 11) is 0. The first-order chi connectivity index (χ1) is 6.88. The van der Waals surface area contributed by atoms with E-state index in [2.05, 4.69) is 15.9 Å². The molecule has 0 aliphatic carbocycles. The van der Waals surface area contributed by atoms with Crippen LogP contribution < -0.4 is 0 Å². The molecule has 0 radical (unpaired) electrons. The van der Waals surface area contributed by atoms with Gasteiger partial charge in [-0.3, -0.25) is 10.1 Å². The van der Waals surface area contributed by atoms with Crippen LogP contribution in [0.4, 0.5) is 5.69 Å². The highest BCUT2D eigenvalue weighted by atomic mass is 79.9. The zero-order chi connectivity index (χ0) is 11.6. The van der Waals surface area contributed by atoms with Gasteiger partial charge in [-0.05, 0) is 17.0 Å². The summed E-state index contributed by atoms with van der Waals surface area (Å²) >= 11 is 3.36. The number of hydrogen-bond donors (Lipinski definition) is 1. The Kier molecular flexibility index (Phi) is 3.34. The predicted octanol–water partition coefficient (Wildman–Crippen LogP) is 2.97. The molecular weight excluding hydrogens is 262 g/mol. The molecule has 4 nitrogen and oxygen atoms in total. The highest BCUT2D eigenvalue weighted by Gasteiger charge is 2.22. The molecule has 15 heavy (non-hydrogen) atoms. The number of alkyl halides is 1. The number of nitrogens with zero attached hydrogens (tertiary/aromatic N) is 1. The Balaban J connectivity index is 3.18. The molecule has 82 valence electrons. The second-order valence-electron chi connectivity index (χ2n) is 3.98. The third kappa shape index (κ3) is 2.47. The van der Waals surface area contributed by atoms with Crippen LogP contribution in [-0.2, 0) is 5.41 Å². The van der Waals surface area contributed by atoms with Gasteiger partial charge in [0.15, 0.2) is 5.75 Å². The number of phenols is 1. The molecule has 5 heteroatoms.